The summed E-state index contributed by atoms with van der Waals surface area (Å²) in [6.07, 6.45) is 6.96. The zero-order chi connectivity index (χ0) is 37.2. The molecule has 0 saturated heterocycles. The van der Waals surface area contributed by atoms with Crippen LogP contribution in [0.5, 0.6) is 0 Å². The molecule has 0 atom stereocenters. The van der Waals surface area contributed by atoms with Gasteiger partial charge in [0.2, 0.25) is 0 Å². The fourth-order valence-corrected chi connectivity index (χ4v) is 14.2. The van der Waals surface area contributed by atoms with Crippen molar-refractivity contribution in [3.05, 3.63) is 181 Å². The van der Waals surface area contributed by atoms with Crippen LogP contribution >= 0.6 is 11.3 Å². The van der Waals surface area contributed by atoms with Crippen molar-refractivity contribution in [3.63, 3.8) is 0 Å². The summed E-state index contributed by atoms with van der Waals surface area (Å²) in [4.78, 5) is 0. The Balaban J connectivity index is 1.05. The molecule has 4 fully saturated rings. The Labute approximate surface area is 338 Å². The number of rotatable bonds is 4. The fourth-order valence-electron chi connectivity index (χ4n) is 13.0. The van der Waals surface area contributed by atoms with Crippen molar-refractivity contribution in [3.8, 4) is 55.6 Å². The topological polar surface area (TPSA) is 0 Å². The maximum Gasteiger partial charge on any atom is 0.0434 e. The van der Waals surface area contributed by atoms with Crippen molar-refractivity contribution in [2.24, 2.45) is 23.7 Å². The Hall–Kier alpha value is -5.76. The molecule has 0 unspecified atom stereocenters. The van der Waals surface area contributed by atoms with Crippen LogP contribution in [0, 0.1) is 23.7 Å². The normalized spacial score (nSPS) is 22.8. The third-order valence-corrected chi connectivity index (χ3v) is 16.1. The highest BCUT2D eigenvalue weighted by atomic mass is 32.1. The van der Waals surface area contributed by atoms with Gasteiger partial charge in [-0.05, 0) is 134 Å². The lowest BCUT2D eigenvalue weighted by atomic mass is 9.42. The average Bonchev–Trinajstić information content (AvgIpc) is 3.80. The smallest absolute Gasteiger partial charge is 0.0434 e. The Kier molecular flexibility index (Phi) is 6.88. The lowest BCUT2D eigenvalue weighted by Gasteiger charge is -2.61. The second kappa shape index (κ2) is 12.1. The molecule has 14 rings (SSSR count). The Morgan fingerprint density at radius 2 is 0.965 bits per heavy atom. The van der Waals surface area contributed by atoms with E-state index in [0.29, 0.717) is 11.8 Å². The summed E-state index contributed by atoms with van der Waals surface area (Å²) >= 11 is 1.96. The molecule has 0 nitrogen and oxygen atoms in total. The van der Waals surface area contributed by atoms with E-state index < -0.39 is 0 Å². The molecule has 57 heavy (non-hydrogen) atoms. The quantitative estimate of drug-likeness (QED) is 0.168. The van der Waals surface area contributed by atoms with Crippen molar-refractivity contribution in [1.82, 2.24) is 0 Å². The van der Waals surface area contributed by atoms with Gasteiger partial charge in [0.05, 0.1) is 0 Å². The molecular weight excluding hydrogens is 705 g/mol. The monoisotopic (exact) mass is 746 g/mol. The van der Waals surface area contributed by atoms with Gasteiger partial charge in [-0.1, -0.05) is 164 Å². The van der Waals surface area contributed by atoms with Crippen LogP contribution in [0.1, 0.15) is 43.2 Å². The first-order chi connectivity index (χ1) is 28.2. The lowest BCUT2D eigenvalue weighted by Crippen LogP contribution is -2.55. The average molecular weight is 747 g/mol. The molecule has 4 bridgehead atoms. The predicted molar refractivity (Wildman–Crippen MR) is 242 cm³/mol. The number of benzene rings is 8. The van der Waals surface area contributed by atoms with Crippen LogP contribution in [0.3, 0.4) is 0 Å². The maximum absolute atomic E-state index is 2.54. The van der Waals surface area contributed by atoms with Crippen LogP contribution in [-0.2, 0) is 5.41 Å². The summed E-state index contributed by atoms with van der Waals surface area (Å²) in [5.41, 5.74) is 17.0. The molecule has 5 aliphatic rings. The molecule has 9 aromatic rings. The summed E-state index contributed by atoms with van der Waals surface area (Å²) < 4.78 is 2.78. The van der Waals surface area contributed by atoms with E-state index in [1.807, 2.05) is 11.3 Å². The molecule has 1 heteroatoms. The van der Waals surface area contributed by atoms with Crippen LogP contribution in [0.15, 0.2) is 170 Å². The number of fused-ring (bicyclic) bond motifs is 7. The van der Waals surface area contributed by atoms with Gasteiger partial charge in [0, 0.05) is 31.2 Å². The highest BCUT2D eigenvalue weighted by Gasteiger charge is 2.62. The van der Waals surface area contributed by atoms with E-state index in [1.165, 1.54) is 119 Å². The third-order valence-electron chi connectivity index (χ3n) is 14.9. The number of hydrogen-bond acceptors (Lipinski definition) is 1. The SMILES string of the molecule is c1ccc(-c2cccc3cccc(-c4ccc(-c5ccc(-c6cccc7c6sc6ccccc67)c6c5C5(c7ccccc7-6)C6CC7CC(C6)CC5C7)cc4)c23)cc1. The first kappa shape index (κ1) is 32.3. The zero-order valence-corrected chi connectivity index (χ0v) is 32.7. The fraction of sp³-hybridized carbons (Fsp3) is 0.179. The van der Waals surface area contributed by atoms with E-state index in [4.69, 9.17) is 0 Å². The van der Waals surface area contributed by atoms with Crippen LogP contribution < -0.4 is 0 Å². The molecule has 1 aromatic heterocycles. The van der Waals surface area contributed by atoms with Crippen molar-refractivity contribution in [1.29, 1.82) is 0 Å². The highest BCUT2D eigenvalue weighted by molar-refractivity contribution is 7.26. The van der Waals surface area contributed by atoms with E-state index in [1.54, 1.807) is 11.1 Å². The Morgan fingerprint density at radius 1 is 0.404 bits per heavy atom. The van der Waals surface area contributed by atoms with Crippen molar-refractivity contribution in [2.75, 3.05) is 0 Å². The molecule has 4 saturated carbocycles. The summed E-state index contributed by atoms with van der Waals surface area (Å²) in [6.45, 7) is 0. The third kappa shape index (κ3) is 4.50. The zero-order valence-electron chi connectivity index (χ0n) is 31.9. The van der Waals surface area contributed by atoms with Crippen LogP contribution in [0.25, 0.3) is 86.6 Å². The molecule has 0 radical (unpaired) electrons. The second-order valence-corrected chi connectivity index (χ2v) is 18.6. The molecule has 0 amide bonds. The lowest BCUT2D eigenvalue weighted by molar-refractivity contribution is -0.0397. The summed E-state index contributed by atoms with van der Waals surface area (Å²) in [7, 11) is 0. The van der Waals surface area contributed by atoms with E-state index in [0.717, 1.165) is 11.8 Å². The van der Waals surface area contributed by atoms with Gasteiger partial charge in [0.15, 0.2) is 0 Å². The minimum Gasteiger partial charge on any atom is -0.135 e. The number of hydrogen-bond donors (Lipinski definition) is 0. The molecule has 5 aliphatic carbocycles. The Bertz CT molecular complexity index is 3040. The van der Waals surface area contributed by atoms with E-state index in [-0.39, 0.29) is 5.41 Å². The maximum atomic E-state index is 2.54. The molecule has 0 aliphatic heterocycles. The minimum absolute atomic E-state index is 0.0532. The molecule has 1 spiro atoms. The van der Waals surface area contributed by atoms with Gasteiger partial charge in [-0.2, -0.15) is 0 Å². The minimum atomic E-state index is 0.0532. The van der Waals surface area contributed by atoms with Gasteiger partial charge in [0.1, 0.15) is 0 Å². The van der Waals surface area contributed by atoms with Gasteiger partial charge in [-0.3, -0.25) is 0 Å². The first-order valence-electron chi connectivity index (χ1n) is 21.1. The largest absolute Gasteiger partial charge is 0.135 e. The van der Waals surface area contributed by atoms with E-state index in [9.17, 15) is 0 Å². The molecule has 0 N–H and O–H groups in total. The van der Waals surface area contributed by atoms with E-state index >= 15 is 0 Å². The van der Waals surface area contributed by atoms with Gasteiger partial charge in [0.25, 0.3) is 0 Å². The van der Waals surface area contributed by atoms with E-state index in [2.05, 4.69) is 170 Å². The number of thiophene rings is 1. The van der Waals surface area contributed by atoms with Gasteiger partial charge >= 0.3 is 0 Å². The second-order valence-electron chi connectivity index (χ2n) is 17.6. The standard InChI is InChI=1S/C56H42S/c1-2-11-36(12-3-1)42-17-8-13-39-14-9-18-43(52(39)42)37-23-25-38(26-24-37)44-27-28-46(48-20-10-19-47-45-15-5-7-22-51(45)57-55(47)48)53-49-16-4-6-21-50(49)56(54(44)53)40-30-34-29-35(32-40)33-41(56)31-34/h1-28,34-35,40-41H,29-33H2. The van der Waals surface area contributed by atoms with Crippen LogP contribution in [-0.4, -0.2) is 0 Å². The Morgan fingerprint density at radius 3 is 1.72 bits per heavy atom. The molecule has 1 heterocycles. The van der Waals surface area contributed by atoms with Crippen molar-refractivity contribution in [2.45, 2.75) is 37.5 Å². The van der Waals surface area contributed by atoms with Crippen LogP contribution in [0.4, 0.5) is 0 Å². The summed E-state index contributed by atoms with van der Waals surface area (Å²) in [5.74, 6) is 3.18. The van der Waals surface area contributed by atoms with Crippen LogP contribution in [0.2, 0.25) is 0 Å². The summed E-state index contributed by atoms with van der Waals surface area (Å²) in [5, 5.41) is 5.35. The van der Waals surface area contributed by atoms with Gasteiger partial charge in [-0.25, -0.2) is 0 Å². The predicted octanol–water partition coefficient (Wildman–Crippen LogP) is 15.6. The molecule has 272 valence electrons. The summed E-state index contributed by atoms with van der Waals surface area (Å²) in [6, 6.07) is 64.7. The molecular formula is C56H42S. The van der Waals surface area contributed by atoms with Gasteiger partial charge in [-0.15, -0.1) is 11.3 Å². The highest BCUT2D eigenvalue weighted by Crippen LogP contribution is 2.71. The molecule has 8 aromatic carbocycles. The van der Waals surface area contributed by atoms with Gasteiger partial charge < -0.3 is 0 Å². The first-order valence-corrected chi connectivity index (χ1v) is 21.9. The van der Waals surface area contributed by atoms with Crippen molar-refractivity contribution < 1.29 is 0 Å². The van der Waals surface area contributed by atoms with Crippen molar-refractivity contribution >= 4 is 42.3 Å².